The zero-order valence-corrected chi connectivity index (χ0v) is 28.2. The minimum atomic E-state index is -0.186. The van der Waals surface area contributed by atoms with Gasteiger partial charge in [-0.15, -0.1) is 0 Å². The normalized spacial score (nSPS) is 14.3. The van der Waals surface area contributed by atoms with Crippen LogP contribution in [0.25, 0.3) is 11.1 Å². The maximum atomic E-state index is 13.6. The van der Waals surface area contributed by atoms with E-state index in [2.05, 4.69) is 84.8 Å². The highest BCUT2D eigenvalue weighted by Crippen LogP contribution is 2.35. The SMILES string of the molecule is CC(C)(C)c1ccc(-c2ccccc2C(=O)Nc2ccc(N3CCC(C(C(=O)NCc4ccccc4)c4ccccc4)CC3)cc2)cc1. The van der Waals surface area contributed by atoms with Gasteiger partial charge in [-0.05, 0) is 82.3 Å². The van der Waals surface area contributed by atoms with E-state index in [0.29, 0.717) is 12.1 Å². The first-order chi connectivity index (χ1) is 23.3. The summed E-state index contributed by atoms with van der Waals surface area (Å²) in [6.07, 6.45) is 1.84. The molecule has 0 bridgehead atoms. The van der Waals surface area contributed by atoms with E-state index in [9.17, 15) is 9.59 Å². The molecule has 244 valence electrons. The third-order valence-electron chi connectivity index (χ3n) is 9.49. The standard InChI is InChI=1S/C43H45N3O2/c1-43(2,3)35-20-18-32(19-21-35)38-16-10-11-17-39(38)41(47)45-36-22-24-37(25-23-36)46-28-26-34(27-29-46)40(33-14-8-5-9-15-33)42(48)44-30-31-12-6-4-7-13-31/h4-25,34,40H,26-30H2,1-3H3,(H,44,48)(H,45,47). The summed E-state index contributed by atoms with van der Waals surface area (Å²) in [5.74, 6) is 0.0281. The Morgan fingerprint density at radius 2 is 1.33 bits per heavy atom. The zero-order valence-electron chi connectivity index (χ0n) is 28.2. The fraction of sp³-hybridized carbons (Fsp3) is 0.256. The van der Waals surface area contributed by atoms with Gasteiger partial charge in [0.1, 0.15) is 0 Å². The highest BCUT2D eigenvalue weighted by molar-refractivity contribution is 6.08. The second-order valence-corrected chi connectivity index (χ2v) is 13.8. The van der Waals surface area contributed by atoms with Gasteiger partial charge >= 0.3 is 0 Å². The number of nitrogens with zero attached hydrogens (tertiary/aromatic N) is 1. The first kappa shape index (κ1) is 32.8. The number of piperidine rings is 1. The van der Waals surface area contributed by atoms with Crippen molar-refractivity contribution in [2.24, 2.45) is 5.92 Å². The number of rotatable bonds is 9. The lowest BCUT2D eigenvalue weighted by molar-refractivity contribution is -0.124. The van der Waals surface area contributed by atoms with Crippen LogP contribution in [0.2, 0.25) is 0 Å². The van der Waals surface area contributed by atoms with Gasteiger partial charge in [-0.1, -0.05) is 124 Å². The summed E-state index contributed by atoms with van der Waals surface area (Å²) in [4.78, 5) is 29.4. The van der Waals surface area contributed by atoms with Crippen LogP contribution in [0.5, 0.6) is 0 Å². The summed E-state index contributed by atoms with van der Waals surface area (Å²) in [5.41, 5.74) is 7.97. The molecule has 0 aliphatic carbocycles. The molecule has 0 aromatic heterocycles. The summed E-state index contributed by atoms with van der Waals surface area (Å²) >= 11 is 0. The Balaban J connectivity index is 1.08. The van der Waals surface area contributed by atoms with Crippen LogP contribution in [-0.2, 0) is 16.8 Å². The number of nitrogens with one attached hydrogen (secondary N) is 2. The number of carbonyl (C=O) groups excluding carboxylic acids is 2. The van der Waals surface area contributed by atoms with Gasteiger partial charge in [0.05, 0.1) is 5.92 Å². The van der Waals surface area contributed by atoms with Crippen LogP contribution in [-0.4, -0.2) is 24.9 Å². The lowest BCUT2D eigenvalue weighted by Crippen LogP contribution is -2.40. The Kier molecular flexibility index (Phi) is 10.1. The predicted molar refractivity (Wildman–Crippen MR) is 197 cm³/mol. The van der Waals surface area contributed by atoms with Gasteiger partial charge in [-0.25, -0.2) is 0 Å². The molecule has 0 saturated carbocycles. The fourth-order valence-electron chi connectivity index (χ4n) is 6.72. The van der Waals surface area contributed by atoms with Crippen molar-refractivity contribution in [1.29, 1.82) is 0 Å². The molecule has 1 heterocycles. The van der Waals surface area contributed by atoms with Crippen LogP contribution in [0.3, 0.4) is 0 Å². The summed E-state index contributed by atoms with van der Waals surface area (Å²) < 4.78 is 0. The van der Waals surface area contributed by atoms with Gasteiger partial charge in [0.15, 0.2) is 0 Å². The molecular formula is C43H45N3O2. The maximum absolute atomic E-state index is 13.6. The van der Waals surface area contributed by atoms with Crippen LogP contribution in [0.1, 0.15) is 66.6 Å². The molecule has 0 spiro atoms. The van der Waals surface area contributed by atoms with Crippen molar-refractivity contribution in [2.45, 2.75) is 51.5 Å². The Hall–Kier alpha value is -5.16. The van der Waals surface area contributed by atoms with Crippen LogP contribution in [0, 0.1) is 5.92 Å². The van der Waals surface area contributed by atoms with Crippen LogP contribution < -0.4 is 15.5 Å². The average Bonchev–Trinajstić information content (AvgIpc) is 3.12. The Morgan fingerprint density at radius 1 is 0.729 bits per heavy atom. The van der Waals surface area contributed by atoms with Crippen molar-refractivity contribution in [1.82, 2.24) is 5.32 Å². The van der Waals surface area contributed by atoms with E-state index in [1.54, 1.807) is 0 Å². The molecule has 5 nitrogen and oxygen atoms in total. The predicted octanol–water partition coefficient (Wildman–Crippen LogP) is 9.22. The lowest BCUT2D eigenvalue weighted by atomic mass is 9.79. The van der Waals surface area contributed by atoms with Crippen molar-refractivity contribution >= 4 is 23.2 Å². The van der Waals surface area contributed by atoms with Gasteiger partial charge < -0.3 is 15.5 Å². The van der Waals surface area contributed by atoms with E-state index in [1.165, 1.54) is 5.56 Å². The number of anilines is 2. The number of amides is 2. The van der Waals surface area contributed by atoms with Crippen molar-refractivity contribution in [2.75, 3.05) is 23.3 Å². The number of carbonyl (C=O) groups is 2. The van der Waals surface area contributed by atoms with Gasteiger partial charge in [-0.2, -0.15) is 0 Å². The highest BCUT2D eigenvalue weighted by Gasteiger charge is 2.32. The number of hydrogen-bond acceptors (Lipinski definition) is 3. The van der Waals surface area contributed by atoms with E-state index < -0.39 is 0 Å². The van der Waals surface area contributed by atoms with Crippen LogP contribution in [0.4, 0.5) is 11.4 Å². The molecule has 2 N–H and O–H groups in total. The molecule has 2 amide bonds. The van der Waals surface area contributed by atoms with E-state index >= 15 is 0 Å². The summed E-state index contributed by atoms with van der Waals surface area (Å²) in [5, 5.41) is 6.31. The van der Waals surface area contributed by atoms with Crippen LogP contribution in [0.15, 0.2) is 133 Å². The second kappa shape index (κ2) is 14.7. The largest absolute Gasteiger partial charge is 0.372 e. The molecule has 1 aliphatic rings. The molecule has 1 fully saturated rings. The molecule has 5 aromatic rings. The molecule has 5 aromatic carbocycles. The van der Waals surface area contributed by atoms with Crippen LogP contribution >= 0.6 is 0 Å². The minimum Gasteiger partial charge on any atom is -0.372 e. The van der Waals surface area contributed by atoms with E-state index in [1.807, 2.05) is 84.9 Å². The average molecular weight is 636 g/mol. The summed E-state index contributed by atoms with van der Waals surface area (Å²) in [6.45, 7) is 8.87. The van der Waals surface area contributed by atoms with Crippen molar-refractivity contribution < 1.29 is 9.59 Å². The van der Waals surface area contributed by atoms with E-state index in [4.69, 9.17) is 0 Å². The maximum Gasteiger partial charge on any atom is 0.256 e. The highest BCUT2D eigenvalue weighted by atomic mass is 16.2. The van der Waals surface area contributed by atoms with Gasteiger partial charge in [0.2, 0.25) is 5.91 Å². The van der Waals surface area contributed by atoms with Crippen molar-refractivity contribution in [3.05, 3.63) is 156 Å². The van der Waals surface area contributed by atoms with Gasteiger partial charge in [0.25, 0.3) is 5.91 Å². The molecule has 5 heteroatoms. The Bertz CT molecular complexity index is 1800. The molecular weight excluding hydrogens is 590 g/mol. The van der Waals surface area contributed by atoms with Gasteiger partial charge in [0, 0.05) is 36.6 Å². The topological polar surface area (TPSA) is 61.4 Å². The first-order valence-corrected chi connectivity index (χ1v) is 17.0. The smallest absolute Gasteiger partial charge is 0.256 e. The molecule has 1 saturated heterocycles. The van der Waals surface area contributed by atoms with Crippen molar-refractivity contribution in [3.63, 3.8) is 0 Å². The van der Waals surface area contributed by atoms with Gasteiger partial charge in [-0.3, -0.25) is 9.59 Å². The third kappa shape index (κ3) is 7.86. The lowest BCUT2D eigenvalue weighted by Gasteiger charge is -2.37. The molecule has 1 unspecified atom stereocenters. The monoisotopic (exact) mass is 635 g/mol. The minimum absolute atomic E-state index is 0.0707. The fourth-order valence-corrected chi connectivity index (χ4v) is 6.72. The summed E-state index contributed by atoms with van der Waals surface area (Å²) in [6, 6.07) is 44.6. The summed E-state index contributed by atoms with van der Waals surface area (Å²) in [7, 11) is 0. The third-order valence-corrected chi connectivity index (χ3v) is 9.49. The number of benzene rings is 5. The molecule has 1 atom stereocenters. The first-order valence-electron chi connectivity index (χ1n) is 17.0. The second-order valence-electron chi connectivity index (χ2n) is 13.8. The Morgan fingerprint density at radius 3 is 1.98 bits per heavy atom. The molecule has 6 rings (SSSR count). The number of hydrogen-bond donors (Lipinski definition) is 2. The zero-order chi connectivity index (χ0) is 33.5. The Labute approximate surface area is 285 Å². The quantitative estimate of drug-likeness (QED) is 0.170. The molecule has 0 radical (unpaired) electrons. The van der Waals surface area contributed by atoms with E-state index in [-0.39, 0.29) is 29.1 Å². The molecule has 48 heavy (non-hydrogen) atoms. The van der Waals surface area contributed by atoms with Crippen molar-refractivity contribution in [3.8, 4) is 11.1 Å². The van der Waals surface area contributed by atoms with E-state index in [0.717, 1.165) is 59.6 Å². The molecule has 1 aliphatic heterocycles.